The molecule has 68 valence electrons. The van der Waals surface area contributed by atoms with Crippen molar-refractivity contribution < 1.29 is 5.11 Å². The number of aliphatic hydroxyl groups is 1. The van der Waals surface area contributed by atoms with Gasteiger partial charge in [-0.15, -0.1) is 5.10 Å². The normalized spacial score (nSPS) is 11.0. The smallest absolute Gasteiger partial charge is 0.0849 e. The van der Waals surface area contributed by atoms with Gasteiger partial charge in [-0.1, -0.05) is 19.1 Å². The van der Waals surface area contributed by atoms with Crippen LogP contribution in [0.5, 0.6) is 0 Å². The van der Waals surface area contributed by atoms with Crippen molar-refractivity contribution in [2.24, 2.45) is 5.92 Å². The second-order valence-corrected chi connectivity index (χ2v) is 3.30. The second-order valence-electron chi connectivity index (χ2n) is 3.30. The lowest BCUT2D eigenvalue weighted by atomic mass is 10.2. The van der Waals surface area contributed by atoms with Crippen LogP contribution in [0.25, 0.3) is 0 Å². The molecule has 0 radical (unpaired) electrons. The summed E-state index contributed by atoms with van der Waals surface area (Å²) in [5.41, 5.74) is 0.859. The zero-order valence-corrected chi connectivity index (χ0v) is 7.56. The molecule has 0 aliphatic heterocycles. The van der Waals surface area contributed by atoms with Crippen molar-refractivity contribution in [1.82, 2.24) is 15.0 Å². The average Bonchev–Trinajstić information content (AvgIpc) is 2.36. The van der Waals surface area contributed by atoms with Gasteiger partial charge in [-0.2, -0.15) is 0 Å². The minimum absolute atomic E-state index is 0.139. The van der Waals surface area contributed by atoms with E-state index in [-0.39, 0.29) is 6.61 Å². The summed E-state index contributed by atoms with van der Waals surface area (Å²) in [6, 6.07) is 0. The Hall–Kier alpha value is -0.900. The number of hydrogen-bond acceptors (Lipinski definition) is 3. The Labute approximate surface area is 72.2 Å². The molecule has 1 N–H and O–H groups in total. The van der Waals surface area contributed by atoms with Gasteiger partial charge in [0.2, 0.25) is 0 Å². The lowest BCUT2D eigenvalue weighted by molar-refractivity contribution is 0.298. The lowest BCUT2D eigenvalue weighted by Gasteiger charge is -2.01. The van der Waals surface area contributed by atoms with E-state index >= 15 is 0 Å². The van der Waals surface area contributed by atoms with E-state index in [0.717, 1.165) is 12.2 Å². The van der Waals surface area contributed by atoms with Crippen LogP contribution in [0.4, 0.5) is 0 Å². The van der Waals surface area contributed by atoms with E-state index in [1.54, 1.807) is 0 Å². The zero-order chi connectivity index (χ0) is 8.97. The monoisotopic (exact) mass is 169 g/mol. The summed E-state index contributed by atoms with van der Waals surface area (Å²) in [5.74, 6) is 0.577. The summed E-state index contributed by atoms with van der Waals surface area (Å²) in [5, 5.41) is 16.5. The van der Waals surface area contributed by atoms with E-state index in [9.17, 15) is 0 Å². The third-order valence-electron chi connectivity index (χ3n) is 1.51. The molecule has 0 amide bonds. The molecule has 4 heteroatoms. The van der Waals surface area contributed by atoms with Gasteiger partial charge in [0.15, 0.2) is 0 Å². The molecule has 1 heterocycles. The molecular formula is C8H15N3O. The topological polar surface area (TPSA) is 50.9 Å². The molecule has 0 fully saturated rings. The molecule has 0 bridgehead atoms. The maximum Gasteiger partial charge on any atom is 0.0849 e. The molecule has 0 atom stereocenters. The van der Waals surface area contributed by atoms with Crippen LogP contribution in [0.2, 0.25) is 0 Å². The highest BCUT2D eigenvalue weighted by molar-refractivity contribution is 4.91. The molecule has 0 saturated carbocycles. The predicted octanol–water partition coefficient (Wildman–Crippen LogP) is 0.469. The molecular weight excluding hydrogens is 154 g/mol. The SMILES string of the molecule is CC(C)Cn1cc(CCO)nn1. The molecule has 1 aromatic rings. The van der Waals surface area contributed by atoms with Gasteiger partial charge < -0.3 is 5.11 Å². The van der Waals surface area contributed by atoms with Gasteiger partial charge in [0, 0.05) is 25.8 Å². The highest BCUT2D eigenvalue weighted by Crippen LogP contribution is 1.99. The molecule has 0 unspecified atom stereocenters. The lowest BCUT2D eigenvalue weighted by Crippen LogP contribution is -2.04. The quantitative estimate of drug-likeness (QED) is 0.712. The van der Waals surface area contributed by atoms with Crippen molar-refractivity contribution in [2.45, 2.75) is 26.8 Å². The van der Waals surface area contributed by atoms with Crippen molar-refractivity contribution in [3.63, 3.8) is 0 Å². The fourth-order valence-corrected chi connectivity index (χ4v) is 1.03. The first-order chi connectivity index (χ1) is 5.72. The molecule has 0 spiro atoms. The van der Waals surface area contributed by atoms with E-state index in [0.29, 0.717) is 12.3 Å². The largest absolute Gasteiger partial charge is 0.396 e. The van der Waals surface area contributed by atoms with E-state index in [1.165, 1.54) is 0 Å². The van der Waals surface area contributed by atoms with Gasteiger partial charge in [-0.05, 0) is 5.92 Å². The molecule has 0 aliphatic rings. The van der Waals surface area contributed by atoms with Crippen LogP contribution in [0.15, 0.2) is 6.20 Å². The first-order valence-electron chi connectivity index (χ1n) is 4.22. The molecule has 4 nitrogen and oxygen atoms in total. The predicted molar refractivity (Wildman–Crippen MR) is 45.6 cm³/mol. The molecule has 0 aromatic carbocycles. The number of aliphatic hydroxyl groups excluding tert-OH is 1. The maximum atomic E-state index is 8.63. The molecule has 1 rings (SSSR count). The Morgan fingerprint density at radius 3 is 2.92 bits per heavy atom. The molecule has 0 aliphatic carbocycles. The van der Waals surface area contributed by atoms with Crippen molar-refractivity contribution in [1.29, 1.82) is 0 Å². The highest BCUT2D eigenvalue weighted by Gasteiger charge is 2.00. The summed E-state index contributed by atoms with van der Waals surface area (Å²) in [6.07, 6.45) is 2.48. The minimum atomic E-state index is 0.139. The minimum Gasteiger partial charge on any atom is -0.396 e. The fraction of sp³-hybridized carbons (Fsp3) is 0.750. The Bertz CT molecular complexity index is 232. The summed E-state index contributed by atoms with van der Waals surface area (Å²) >= 11 is 0. The molecule has 1 aromatic heterocycles. The van der Waals surface area contributed by atoms with Gasteiger partial charge in [0.25, 0.3) is 0 Å². The van der Waals surface area contributed by atoms with Crippen LogP contribution in [0.1, 0.15) is 19.5 Å². The third kappa shape index (κ3) is 2.62. The first-order valence-corrected chi connectivity index (χ1v) is 4.22. The summed E-state index contributed by atoms with van der Waals surface area (Å²) < 4.78 is 1.82. The van der Waals surface area contributed by atoms with Crippen LogP contribution in [0, 0.1) is 5.92 Å². The third-order valence-corrected chi connectivity index (χ3v) is 1.51. The number of hydrogen-bond donors (Lipinski definition) is 1. The van der Waals surface area contributed by atoms with Crippen molar-refractivity contribution in [3.8, 4) is 0 Å². The highest BCUT2D eigenvalue weighted by atomic mass is 16.3. The van der Waals surface area contributed by atoms with Crippen molar-refractivity contribution >= 4 is 0 Å². The van der Waals surface area contributed by atoms with Gasteiger partial charge >= 0.3 is 0 Å². The van der Waals surface area contributed by atoms with Gasteiger partial charge in [0.1, 0.15) is 0 Å². The van der Waals surface area contributed by atoms with E-state index < -0.39 is 0 Å². The number of aromatic nitrogens is 3. The Balaban J connectivity index is 2.52. The second kappa shape index (κ2) is 4.21. The Kier molecular flexibility index (Phi) is 3.22. The van der Waals surface area contributed by atoms with Crippen LogP contribution >= 0.6 is 0 Å². The zero-order valence-electron chi connectivity index (χ0n) is 7.56. The summed E-state index contributed by atoms with van der Waals surface area (Å²) in [7, 11) is 0. The number of rotatable bonds is 4. The summed E-state index contributed by atoms with van der Waals surface area (Å²) in [4.78, 5) is 0. The van der Waals surface area contributed by atoms with E-state index in [1.807, 2.05) is 10.9 Å². The first kappa shape index (κ1) is 9.19. The van der Waals surface area contributed by atoms with Crippen LogP contribution in [-0.2, 0) is 13.0 Å². The Morgan fingerprint density at radius 1 is 1.58 bits per heavy atom. The standard InChI is InChI=1S/C8H15N3O/c1-7(2)5-11-6-8(3-4-12)9-10-11/h6-7,12H,3-5H2,1-2H3. The van der Waals surface area contributed by atoms with Crippen molar-refractivity contribution in [2.75, 3.05) is 6.61 Å². The average molecular weight is 169 g/mol. The Morgan fingerprint density at radius 2 is 2.33 bits per heavy atom. The van der Waals surface area contributed by atoms with Gasteiger partial charge in [-0.3, -0.25) is 4.68 Å². The van der Waals surface area contributed by atoms with Gasteiger partial charge in [0.05, 0.1) is 5.69 Å². The molecule has 12 heavy (non-hydrogen) atoms. The van der Waals surface area contributed by atoms with Crippen LogP contribution in [0.3, 0.4) is 0 Å². The van der Waals surface area contributed by atoms with E-state index in [2.05, 4.69) is 24.2 Å². The molecule has 0 saturated heterocycles. The fourth-order valence-electron chi connectivity index (χ4n) is 1.03. The van der Waals surface area contributed by atoms with E-state index in [4.69, 9.17) is 5.11 Å². The maximum absolute atomic E-state index is 8.63. The number of nitrogens with zero attached hydrogens (tertiary/aromatic N) is 3. The van der Waals surface area contributed by atoms with Gasteiger partial charge in [-0.25, -0.2) is 0 Å². The summed E-state index contributed by atoms with van der Waals surface area (Å²) in [6.45, 7) is 5.29. The van der Waals surface area contributed by atoms with Crippen LogP contribution < -0.4 is 0 Å². The van der Waals surface area contributed by atoms with Crippen molar-refractivity contribution in [3.05, 3.63) is 11.9 Å². The van der Waals surface area contributed by atoms with Crippen LogP contribution in [-0.4, -0.2) is 26.7 Å².